The molecule has 0 aliphatic rings. The van der Waals surface area contributed by atoms with Crippen molar-refractivity contribution in [3.05, 3.63) is 59.7 Å². The molecule has 0 saturated carbocycles. The van der Waals surface area contributed by atoms with E-state index in [1.165, 1.54) is 60.6 Å². The Morgan fingerprint density at radius 3 is 1.33 bits per heavy atom. The molecule has 0 heterocycles. The summed E-state index contributed by atoms with van der Waals surface area (Å²) in [6, 6.07) is 18.0. The second kappa shape index (κ2) is 8.72. The van der Waals surface area contributed by atoms with Crippen LogP contribution >= 0.6 is 0 Å². The van der Waals surface area contributed by atoms with Crippen LogP contribution in [0.1, 0.15) is 50.7 Å². The van der Waals surface area contributed by atoms with Gasteiger partial charge in [-0.1, -0.05) is 86.1 Å². The molecule has 21 heavy (non-hydrogen) atoms. The number of benzene rings is 2. The van der Waals surface area contributed by atoms with Crippen LogP contribution in [0.5, 0.6) is 0 Å². The molecule has 2 rings (SSSR count). The van der Waals surface area contributed by atoms with Gasteiger partial charge in [0, 0.05) is 0 Å². The van der Waals surface area contributed by atoms with E-state index in [0.29, 0.717) is 0 Å². The molecule has 0 atom stereocenters. The van der Waals surface area contributed by atoms with E-state index in [1.807, 2.05) is 0 Å². The third-order valence-electron chi connectivity index (χ3n) is 3.93. The Kier molecular flexibility index (Phi) is 6.59. The monoisotopic (exact) mass is 277 g/mol. The van der Waals surface area contributed by atoms with E-state index >= 15 is 0 Å². The first-order valence-electron chi connectivity index (χ1n) is 8.34. The SMILES string of the molecule is CCCCc1ccc([B]c2ccc(CCCC)cc2)cc1. The Hall–Kier alpha value is -1.50. The molecule has 0 nitrogen and oxygen atoms in total. The van der Waals surface area contributed by atoms with Crippen LogP contribution < -0.4 is 10.9 Å². The van der Waals surface area contributed by atoms with Crippen molar-refractivity contribution in [1.82, 2.24) is 0 Å². The minimum Gasteiger partial charge on any atom is -0.0814 e. The van der Waals surface area contributed by atoms with Gasteiger partial charge < -0.3 is 0 Å². The first-order chi connectivity index (χ1) is 10.3. The van der Waals surface area contributed by atoms with E-state index in [1.54, 1.807) is 0 Å². The van der Waals surface area contributed by atoms with Crippen molar-refractivity contribution in [3.63, 3.8) is 0 Å². The molecule has 1 heteroatoms. The molecular weight excluding hydrogens is 251 g/mol. The fraction of sp³-hybridized carbons (Fsp3) is 0.400. The normalized spacial score (nSPS) is 10.6. The minimum atomic E-state index is 1.20. The van der Waals surface area contributed by atoms with Crippen LogP contribution in [0.2, 0.25) is 0 Å². The standard InChI is InChI=1S/C20H26B/c1-3-5-7-17-9-13-19(14-10-17)21-20-15-11-18(12-16-20)8-6-4-2/h9-16H,3-8H2,1-2H3. The Morgan fingerprint density at radius 2 is 1.00 bits per heavy atom. The van der Waals surface area contributed by atoms with E-state index in [0.717, 1.165) is 0 Å². The van der Waals surface area contributed by atoms with E-state index in [4.69, 9.17) is 0 Å². The second-order valence-electron chi connectivity index (χ2n) is 5.83. The van der Waals surface area contributed by atoms with Crippen LogP contribution in [0.4, 0.5) is 0 Å². The molecule has 1 radical (unpaired) electrons. The zero-order valence-corrected chi connectivity index (χ0v) is 13.4. The predicted molar refractivity (Wildman–Crippen MR) is 95.1 cm³/mol. The van der Waals surface area contributed by atoms with Crippen molar-refractivity contribution in [3.8, 4) is 0 Å². The summed E-state index contributed by atoms with van der Waals surface area (Å²) in [7, 11) is 2.26. The zero-order chi connectivity index (χ0) is 14.9. The van der Waals surface area contributed by atoms with Crippen molar-refractivity contribution in [1.29, 1.82) is 0 Å². The summed E-state index contributed by atoms with van der Waals surface area (Å²) in [5, 5.41) is 0. The average Bonchev–Trinajstić information content (AvgIpc) is 2.53. The van der Waals surface area contributed by atoms with Crippen molar-refractivity contribution in [2.45, 2.75) is 52.4 Å². The number of unbranched alkanes of at least 4 members (excludes halogenated alkanes) is 2. The lowest BCUT2D eigenvalue weighted by Gasteiger charge is -2.05. The molecule has 0 aliphatic carbocycles. The third kappa shape index (κ3) is 5.42. The van der Waals surface area contributed by atoms with Gasteiger partial charge in [0.25, 0.3) is 0 Å². The molecule has 0 fully saturated rings. The fourth-order valence-corrected chi connectivity index (χ4v) is 2.52. The Bertz CT molecular complexity index is 461. The highest BCUT2D eigenvalue weighted by Gasteiger charge is 2.00. The summed E-state index contributed by atoms with van der Waals surface area (Å²) < 4.78 is 0. The smallest absolute Gasteiger partial charge is 0.0814 e. The van der Waals surface area contributed by atoms with Gasteiger partial charge in [-0.05, 0) is 36.8 Å². The summed E-state index contributed by atoms with van der Waals surface area (Å²) in [5.74, 6) is 0. The molecule has 109 valence electrons. The molecule has 2 aromatic carbocycles. The molecule has 0 N–H and O–H groups in total. The lowest BCUT2D eigenvalue weighted by molar-refractivity contribution is 0.795. The molecule has 0 saturated heterocycles. The van der Waals surface area contributed by atoms with Crippen molar-refractivity contribution >= 4 is 18.2 Å². The van der Waals surface area contributed by atoms with Crippen LogP contribution in [0.3, 0.4) is 0 Å². The molecular formula is C20H26B. The lowest BCUT2D eigenvalue weighted by Crippen LogP contribution is -2.26. The van der Waals surface area contributed by atoms with Gasteiger partial charge in [-0.2, -0.15) is 0 Å². The first kappa shape index (κ1) is 15.9. The van der Waals surface area contributed by atoms with Gasteiger partial charge in [-0.15, -0.1) is 0 Å². The third-order valence-corrected chi connectivity index (χ3v) is 3.93. The molecule has 0 bridgehead atoms. The average molecular weight is 277 g/mol. The molecule has 0 unspecified atom stereocenters. The Labute approximate surface area is 130 Å². The summed E-state index contributed by atoms with van der Waals surface area (Å²) in [6.45, 7) is 4.48. The highest BCUT2D eigenvalue weighted by Crippen LogP contribution is 2.04. The van der Waals surface area contributed by atoms with Gasteiger partial charge in [0.1, 0.15) is 0 Å². The van der Waals surface area contributed by atoms with Gasteiger partial charge in [0.2, 0.25) is 0 Å². The number of hydrogen-bond donors (Lipinski definition) is 0. The van der Waals surface area contributed by atoms with Crippen LogP contribution in [-0.2, 0) is 12.8 Å². The molecule has 0 aromatic heterocycles. The number of aryl methyl sites for hydroxylation is 2. The second-order valence-corrected chi connectivity index (χ2v) is 5.83. The van der Waals surface area contributed by atoms with Gasteiger partial charge in [0.15, 0.2) is 7.28 Å². The zero-order valence-electron chi connectivity index (χ0n) is 13.4. The largest absolute Gasteiger partial charge is 0.191 e. The number of rotatable bonds is 8. The molecule has 0 aliphatic heterocycles. The summed E-state index contributed by atoms with van der Waals surface area (Å²) in [4.78, 5) is 0. The van der Waals surface area contributed by atoms with Crippen molar-refractivity contribution in [2.75, 3.05) is 0 Å². The van der Waals surface area contributed by atoms with Gasteiger partial charge >= 0.3 is 0 Å². The van der Waals surface area contributed by atoms with E-state index in [9.17, 15) is 0 Å². The van der Waals surface area contributed by atoms with Crippen LogP contribution in [0.15, 0.2) is 48.5 Å². The Balaban J connectivity index is 1.91. The molecule has 0 spiro atoms. The quantitative estimate of drug-likeness (QED) is 0.639. The van der Waals surface area contributed by atoms with Crippen LogP contribution in [-0.4, -0.2) is 7.28 Å². The van der Waals surface area contributed by atoms with Gasteiger partial charge in [0.05, 0.1) is 0 Å². The van der Waals surface area contributed by atoms with E-state index in [2.05, 4.69) is 69.7 Å². The summed E-state index contributed by atoms with van der Waals surface area (Å²) in [5.41, 5.74) is 5.47. The van der Waals surface area contributed by atoms with E-state index < -0.39 is 0 Å². The highest BCUT2D eigenvalue weighted by atomic mass is 14.0. The number of hydrogen-bond acceptors (Lipinski definition) is 0. The predicted octanol–water partition coefficient (Wildman–Crippen LogP) is 4.03. The van der Waals surface area contributed by atoms with Crippen molar-refractivity contribution < 1.29 is 0 Å². The van der Waals surface area contributed by atoms with Crippen LogP contribution in [0, 0.1) is 0 Å². The maximum Gasteiger partial charge on any atom is 0.191 e. The van der Waals surface area contributed by atoms with Gasteiger partial charge in [-0.3, -0.25) is 0 Å². The summed E-state index contributed by atoms with van der Waals surface area (Å²) in [6.07, 6.45) is 7.48. The van der Waals surface area contributed by atoms with Crippen molar-refractivity contribution in [2.24, 2.45) is 0 Å². The highest BCUT2D eigenvalue weighted by molar-refractivity contribution is 6.67. The first-order valence-corrected chi connectivity index (χ1v) is 8.34. The van der Waals surface area contributed by atoms with E-state index in [-0.39, 0.29) is 0 Å². The minimum absolute atomic E-state index is 1.20. The maximum atomic E-state index is 2.26. The maximum absolute atomic E-state index is 2.26. The molecule has 2 aromatic rings. The van der Waals surface area contributed by atoms with Crippen LogP contribution in [0.25, 0.3) is 0 Å². The topological polar surface area (TPSA) is 0 Å². The summed E-state index contributed by atoms with van der Waals surface area (Å²) >= 11 is 0. The van der Waals surface area contributed by atoms with Gasteiger partial charge in [-0.25, -0.2) is 0 Å². The Morgan fingerprint density at radius 1 is 0.619 bits per heavy atom. The molecule has 0 amide bonds. The fourth-order valence-electron chi connectivity index (χ4n) is 2.52. The lowest BCUT2D eigenvalue weighted by atomic mass is 9.64.